The fraction of sp³-hybridized carbons (Fsp3) is 0.579. The number of nitrogens with zero attached hydrogens (tertiary/aromatic N) is 4. The van der Waals surface area contributed by atoms with Crippen LogP contribution < -0.4 is 9.64 Å². The number of ether oxygens (including phenoxy) is 2. The summed E-state index contributed by atoms with van der Waals surface area (Å²) < 4.78 is 10.7. The minimum atomic E-state index is -0.294. The van der Waals surface area contributed by atoms with Crippen LogP contribution in [-0.4, -0.2) is 85.0 Å². The highest BCUT2D eigenvalue weighted by Gasteiger charge is 2.34. The number of carbonyl (C=O) groups is 3. The van der Waals surface area contributed by atoms with Crippen molar-refractivity contribution in [3.8, 4) is 5.75 Å². The Balaban J connectivity index is 1.41. The number of morpholine rings is 1. The maximum absolute atomic E-state index is 12.9. The number of rotatable bonds is 3. The van der Waals surface area contributed by atoms with Crippen LogP contribution in [0.15, 0.2) is 18.3 Å². The van der Waals surface area contributed by atoms with Crippen LogP contribution in [0.2, 0.25) is 0 Å². The van der Waals surface area contributed by atoms with Crippen LogP contribution in [0.4, 0.5) is 5.82 Å². The normalized spacial score (nSPS) is 22.5. The third kappa shape index (κ3) is 3.80. The third-order valence-electron chi connectivity index (χ3n) is 5.40. The van der Waals surface area contributed by atoms with Gasteiger partial charge in [0.1, 0.15) is 6.54 Å². The van der Waals surface area contributed by atoms with Crippen LogP contribution in [0.5, 0.6) is 5.75 Å². The number of pyridine rings is 1. The van der Waals surface area contributed by atoms with Gasteiger partial charge in [0.2, 0.25) is 11.8 Å². The molecule has 1 atom stereocenters. The molecule has 0 unspecified atom stereocenters. The van der Waals surface area contributed by atoms with Crippen molar-refractivity contribution in [1.29, 1.82) is 0 Å². The number of anilines is 1. The lowest BCUT2D eigenvalue weighted by Gasteiger charge is -2.37. The Labute approximate surface area is 163 Å². The Morgan fingerprint density at radius 3 is 2.82 bits per heavy atom. The van der Waals surface area contributed by atoms with Gasteiger partial charge in [-0.15, -0.1) is 0 Å². The molecule has 0 aliphatic carbocycles. The minimum Gasteiger partial charge on any atom is -0.480 e. The van der Waals surface area contributed by atoms with Gasteiger partial charge in [0, 0.05) is 32.4 Å². The van der Waals surface area contributed by atoms with Crippen molar-refractivity contribution < 1.29 is 23.9 Å². The molecule has 0 spiro atoms. The summed E-state index contributed by atoms with van der Waals surface area (Å²) in [5.41, 5.74) is 0. The average molecular weight is 388 g/mol. The summed E-state index contributed by atoms with van der Waals surface area (Å²) in [5, 5.41) is 0. The molecule has 9 heteroatoms. The number of piperidine rings is 1. The van der Waals surface area contributed by atoms with Crippen LogP contribution in [0.3, 0.4) is 0 Å². The van der Waals surface area contributed by atoms with Gasteiger partial charge in [-0.2, -0.15) is 0 Å². The minimum absolute atomic E-state index is 0.0926. The summed E-state index contributed by atoms with van der Waals surface area (Å²) in [6.07, 6.45) is 3.12. The van der Waals surface area contributed by atoms with Gasteiger partial charge in [-0.05, 0) is 25.0 Å². The lowest BCUT2D eigenvalue weighted by atomic mass is 9.96. The van der Waals surface area contributed by atoms with Crippen molar-refractivity contribution in [2.75, 3.05) is 57.4 Å². The van der Waals surface area contributed by atoms with E-state index >= 15 is 0 Å². The number of fused-ring (bicyclic) bond motifs is 1. The van der Waals surface area contributed by atoms with Crippen LogP contribution >= 0.6 is 0 Å². The van der Waals surface area contributed by atoms with Gasteiger partial charge < -0.3 is 19.3 Å². The van der Waals surface area contributed by atoms with E-state index < -0.39 is 0 Å². The first-order valence-corrected chi connectivity index (χ1v) is 9.66. The SMILES string of the molecule is O=C(CN1C(=O)COc2cccnc21)N1CCC[C@H](C(=O)N2CCOCC2)C1. The first-order chi connectivity index (χ1) is 13.6. The van der Waals surface area contributed by atoms with Gasteiger partial charge in [-0.25, -0.2) is 4.98 Å². The molecule has 2 fully saturated rings. The second kappa shape index (κ2) is 8.14. The van der Waals surface area contributed by atoms with Gasteiger partial charge in [0.15, 0.2) is 18.2 Å². The Bertz CT molecular complexity index is 764. The molecular formula is C19H24N4O5. The van der Waals surface area contributed by atoms with Crippen LogP contribution in [0.25, 0.3) is 0 Å². The zero-order chi connectivity index (χ0) is 19.5. The molecule has 28 heavy (non-hydrogen) atoms. The van der Waals surface area contributed by atoms with Gasteiger partial charge >= 0.3 is 0 Å². The third-order valence-corrected chi connectivity index (χ3v) is 5.40. The summed E-state index contributed by atoms with van der Waals surface area (Å²) >= 11 is 0. The first-order valence-electron chi connectivity index (χ1n) is 9.66. The molecule has 3 aliphatic rings. The summed E-state index contributed by atoms with van der Waals surface area (Å²) in [6.45, 7) is 3.12. The van der Waals surface area contributed by atoms with Gasteiger partial charge in [-0.1, -0.05) is 0 Å². The van der Waals surface area contributed by atoms with E-state index in [9.17, 15) is 14.4 Å². The molecular weight excluding hydrogens is 364 g/mol. The quantitative estimate of drug-likeness (QED) is 0.718. The summed E-state index contributed by atoms with van der Waals surface area (Å²) in [4.78, 5) is 47.0. The number of carbonyl (C=O) groups excluding carboxylic acids is 3. The molecule has 0 N–H and O–H groups in total. The lowest BCUT2D eigenvalue weighted by Crippen LogP contribution is -2.52. The number of likely N-dealkylation sites (tertiary alicyclic amines) is 1. The predicted molar refractivity (Wildman–Crippen MR) is 98.8 cm³/mol. The Kier molecular flexibility index (Phi) is 5.43. The maximum Gasteiger partial charge on any atom is 0.266 e. The molecule has 150 valence electrons. The zero-order valence-electron chi connectivity index (χ0n) is 15.7. The highest BCUT2D eigenvalue weighted by Crippen LogP contribution is 2.29. The summed E-state index contributed by atoms with van der Waals surface area (Å²) in [5.74, 6) is 0.291. The number of amides is 3. The smallest absolute Gasteiger partial charge is 0.266 e. The number of hydrogen-bond acceptors (Lipinski definition) is 6. The molecule has 4 heterocycles. The Hall–Kier alpha value is -2.68. The largest absolute Gasteiger partial charge is 0.480 e. The molecule has 0 aromatic carbocycles. The maximum atomic E-state index is 12.9. The van der Waals surface area contributed by atoms with Crippen molar-refractivity contribution in [3.05, 3.63) is 18.3 Å². The molecule has 3 amide bonds. The average Bonchev–Trinajstić information content (AvgIpc) is 2.76. The highest BCUT2D eigenvalue weighted by atomic mass is 16.5. The second-order valence-corrected chi connectivity index (χ2v) is 7.21. The van der Waals surface area contributed by atoms with Crippen molar-refractivity contribution in [2.24, 2.45) is 5.92 Å². The van der Waals surface area contributed by atoms with Gasteiger partial charge in [0.25, 0.3) is 5.91 Å². The lowest BCUT2D eigenvalue weighted by molar-refractivity contribution is -0.144. The topological polar surface area (TPSA) is 92.3 Å². The van der Waals surface area contributed by atoms with E-state index in [4.69, 9.17) is 9.47 Å². The molecule has 3 aliphatic heterocycles. The Morgan fingerprint density at radius 1 is 1.18 bits per heavy atom. The molecule has 0 radical (unpaired) electrons. The highest BCUT2D eigenvalue weighted by molar-refractivity contribution is 6.01. The van der Waals surface area contributed by atoms with E-state index in [0.29, 0.717) is 51.0 Å². The molecule has 1 aromatic heterocycles. The van der Waals surface area contributed by atoms with Crippen molar-refractivity contribution in [1.82, 2.24) is 14.8 Å². The predicted octanol–water partition coefficient (Wildman–Crippen LogP) is -0.0956. The monoisotopic (exact) mass is 388 g/mol. The number of hydrogen-bond donors (Lipinski definition) is 0. The van der Waals surface area contributed by atoms with E-state index in [0.717, 1.165) is 12.8 Å². The fourth-order valence-electron chi connectivity index (χ4n) is 3.88. The van der Waals surface area contributed by atoms with E-state index in [2.05, 4.69) is 4.98 Å². The summed E-state index contributed by atoms with van der Waals surface area (Å²) in [6, 6.07) is 3.45. The van der Waals surface area contributed by atoms with Crippen molar-refractivity contribution in [2.45, 2.75) is 12.8 Å². The van der Waals surface area contributed by atoms with Crippen molar-refractivity contribution in [3.63, 3.8) is 0 Å². The fourth-order valence-corrected chi connectivity index (χ4v) is 3.88. The first kappa shape index (κ1) is 18.7. The van der Waals surface area contributed by atoms with Crippen LogP contribution in [-0.2, 0) is 19.1 Å². The molecule has 0 saturated carbocycles. The van der Waals surface area contributed by atoms with E-state index in [1.807, 2.05) is 4.90 Å². The molecule has 0 bridgehead atoms. The van der Waals surface area contributed by atoms with Gasteiger partial charge in [0.05, 0.1) is 19.1 Å². The number of aromatic nitrogens is 1. The van der Waals surface area contributed by atoms with Crippen LogP contribution in [0, 0.1) is 5.92 Å². The molecule has 4 rings (SSSR count). The molecule has 9 nitrogen and oxygen atoms in total. The molecule has 2 saturated heterocycles. The van der Waals surface area contributed by atoms with Crippen LogP contribution in [0.1, 0.15) is 12.8 Å². The summed E-state index contributed by atoms with van der Waals surface area (Å²) in [7, 11) is 0. The Morgan fingerprint density at radius 2 is 2.00 bits per heavy atom. The molecule has 1 aromatic rings. The van der Waals surface area contributed by atoms with E-state index in [1.54, 1.807) is 23.2 Å². The van der Waals surface area contributed by atoms with E-state index in [-0.39, 0.29) is 36.8 Å². The van der Waals surface area contributed by atoms with Crippen molar-refractivity contribution >= 4 is 23.5 Å². The zero-order valence-corrected chi connectivity index (χ0v) is 15.7. The van der Waals surface area contributed by atoms with Gasteiger partial charge in [-0.3, -0.25) is 19.3 Å². The second-order valence-electron chi connectivity index (χ2n) is 7.21. The standard InChI is InChI=1S/C19H24N4O5/c24-16(12-23-17(25)13-28-15-4-1-5-20-18(15)23)22-6-2-3-14(11-22)19(26)21-7-9-27-10-8-21/h1,4-5,14H,2-3,6-13H2/t14-/m0/s1. The van der Waals surface area contributed by atoms with E-state index in [1.165, 1.54) is 4.90 Å².